The summed E-state index contributed by atoms with van der Waals surface area (Å²) in [6, 6.07) is 16.8. The molecule has 2 aromatic carbocycles. The molecule has 0 atom stereocenters. The van der Waals surface area contributed by atoms with E-state index in [9.17, 15) is 14.7 Å². The third-order valence-electron chi connectivity index (χ3n) is 4.37. The van der Waals surface area contributed by atoms with Crippen LogP contribution in [0.3, 0.4) is 0 Å². The Hall–Kier alpha value is -3.85. The number of urea groups is 1. The van der Waals surface area contributed by atoms with Crippen molar-refractivity contribution in [3.63, 3.8) is 0 Å². The third kappa shape index (κ3) is 5.83. The largest absolute Gasteiger partial charge is 0.497 e. The zero-order valence-corrected chi connectivity index (χ0v) is 17.6. The number of methoxy groups -OCH3 is 1. The van der Waals surface area contributed by atoms with Crippen molar-refractivity contribution in [1.29, 1.82) is 0 Å². The van der Waals surface area contributed by atoms with Crippen molar-refractivity contribution in [3.8, 4) is 5.75 Å². The van der Waals surface area contributed by atoms with Gasteiger partial charge in [-0.05, 0) is 59.8 Å². The number of nitrogens with two attached hydrogens (primary N) is 1. The lowest BCUT2D eigenvalue weighted by Gasteiger charge is -2.18. The molecule has 160 valence electrons. The smallest absolute Gasteiger partial charge is 0.420 e. The van der Waals surface area contributed by atoms with Crippen LogP contribution in [0.5, 0.6) is 5.75 Å². The lowest BCUT2D eigenvalue weighted by molar-refractivity contribution is 0.199. The molecule has 3 amide bonds. The second-order valence-electron chi connectivity index (χ2n) is 6.44. The summed E-state index contributed by atoms with van der Waals surface area (Å²) in [6.07, 6.45) is -0.833. The maximum Gasteiger partial charge on any atom is 0.420 e. The second kappa shape index (κ2) is 10.3. The van der Waals surface area contributed by atoms with Crippen molar-refractivity contribution < 1.29 is 19.4 Å². The van der Waals surface area contributed by atoms with E-state index in [0.29, 0.717) is 22.9 Å². The molecule has 0 saturated heterocycles. The molecule has 0 bridgehead atoms. The fourth-order valence-corrected chi connectivity index (χ4v) is 3.42. The number of aliphatic imine (C=N–C) groups is 1. The molecule has 0 aliphatic rings. The van der Waals surface area contributed by atoms with Gasteiger partial charge in [-0.25, -0.2) is 14.6 Å². The molecule has 9 heteroatoms. The van der Waals surface area contributed by atoms with Crippen LogP contribution in [0.2, 0.25) is 0 Å². The number of nitrogens with zero attached hydrogens (tertiary/aromatic N) is 2. The van der Waals surface area contributed by atoms with Crippen molar-refractivity contribution in [2.75, 3.05) is 18.6 Å². The summed E-state index contributed by atoms with van der Waals surface area (Å²) in [5.41, 5.74) is 7.93. The Kier molecular flexibility index (Phi) is 7.23. The Balaban J connectivity index is 1.56. The number of hydrogen-bond acceptors (Lipinski definition) is 5. The summed E-state index contributed by atoms with van der Waals surface area (Å²) in [5.74, 6) is 1.03. The Bertz CT molecular complexity index is 1050. The summed E-state index contributed by atoms with van der Waals surface area (Å²) in [4.78, 5) is 29.9. The number of ether oxygens (including phenoxy) is 1. The van der Waals surface area contributed by atoms with E-state index in [1.165, 1.54) is 30.6 Å². The fourth-order valence-electron chi connectivity index (χ4n) is 2.79. The first-order valence-electron chi connectivity index (χ1n) is 9.40. The normalized spacial score (nSPS) is 11.1. The van der Waals surface area contributed by atoms with E-state index in [2.05, 4.69) is 10.3 Å². The van der Waals surface area contributed by atoms with Gasteiger partial charge in [-0.2, -0.15) is 4.90 Å². The summed E-state index contributed by atoms with van der Waals surface area (Å²) >= 11 is 1.52. The van der Waals surface area contributed by atoms with Crippen LogP contribution in [0.15, 0.2) is 71.0 Å². The van der Waals surface area contributed by atoms with Gasteiger partial charge in [0.05, 0.1) is 23.4 Å². The molecule has 0 fully saturated rings. The molecule has 1 heterocycles. The van der Waals surface area contributed by atoms with Crippen LogP contribution >= 0.6 is 11.3 Å². The number of benzene rings is 2. The third-order valence-corrected chi connectivity index (χ3v) is 5.27. The quantitative estimate of drug-likeness (QED) is 0.377. The summed E-state index contributed by atoms with van der Waals surface area (Å²) in [5, 5.41) is 14.0. The molecule has 0 radical (unpaired) electrons. The molecule has 3 rings (SSSR count). The van der Waals surface area contributed by atoms with Crippen LogP contribution in [0.1, 0.15) is 10.4 Å². The molecule has 0 unspecified atom stereocenters. The zero-order valence-electron chi connectivity index (χ0n) is 16.8. The summed E-state index contributed by atoms with van der Waals surface area (Å²) in [6.45, 7) is 0.277. The average molecular weight is 439 g/mol. The molecule has 0 aliphatic heterocycles. The van der Waals surface area contributed by atoms with Crippen LogP contribution in [0, 0.1) is 0 Å². The number of anilines is 1. The highest BCUT2D eigenvalue weighted by Gasteiger charge is 2.22. The van der Waals surface area contributed by atoms with Crippen molar-refractivity contribution in [3.05, 3.63) is 76.5 Å². The van der Waals surface area contributed by atoms with E-state index in [0.717, 1.165) is 16.1 Å². The fraction of sp³-hybridized carbons (Fsp3) is 0.136. The van der Waals surface area contributed by atoms with Crippen LogP contribution < -0.4 is 20.7 Å². The second-order valence-corrected chi connectivity index (χ2v) is 7.39. The van der Waals surface area contributed by atoms with E-state index in [1.54, 1.807) is 12.1 Å². The molecular formula is C22H22N4O4S. The summed E-state index contributed by atoms with van der Waals surface area (Å²) in [7, 11) is 1.51. The predicted molar refractivity (Wildman–Crippen MR) is 122 cm³/mol. The Morgan fingerprint density at radius 2 is 1.84 bits per heavy atom. The highest BCUT2D eigenvalue weighted by atomic mass is 32.1. The Morgan fingerprint density at radius 1 is 1.13 bits per heavy atom. The molecule has 3 aromatic rings. The van der Waals surface area contributed by atoms with Crippen LogP contribution in [0.4, 0.5) is 21.0 Å². The minimum absolute atomic E-state index is 0.233. The van der Waals surface area contributed by atoms with Gasteiger partial charge < -0.3 is 20.9 Å². The van der Waals surface area contributed by atoms with Crippen molar-refractivity contribution in [2.24, 2.45) is 10.7 Å². The predicted octanol–water partition coefficient (Wildman–Crippen LogP) is 4.23. The summed E-state index contributed by atoms with van der Waals surface area (Å²) < 4.78 is 5.05. The number of nitrogens with one attached hydrogen (secondary N) is 1. The van der Waals surface area contributed by atoms with Crippen molar-refractivity contribution >= 4 is 40.7 Å². The van der Waals surface area contributed by atoms with Gasteiger partial charge in [0.1, 0.15) is 11.6 Å². The van der Waals surface area contributed by atoms with Gasteiger partial charge in [0.15, 0.2) is 0 Å². The van der Waals surface area contributed by atoms with Crippen molar-refractivity contribution in [1.82, 2.24) is 5.32 Å². The number of imide groups is 1. The standard InChI is InChI=1S/C22H22N4O4S/c1-30-18-10-8-17(9-11-18)26(22(28)29)21(27)24-13-12-15-4-6-16(7-5-15)25-20(23)19-3-2-14-31-19/h2-11,14H,12-13H2,1H3,(H2,23,25)(H,24,27)(H,28,29). The molecule has 0 aliphatic carbocycles. The lowest BCUT2D eigenvalue weighted by Crippen LogP contribution is -2.44. The average Bonchev–Trinajstić information content (AvgIpc) is 3.30. The number of carbonyl (C=O) groups is 2. The lowest BCUT2D eigenvalue weighted by atomic mass is 10.1. The Labute approximate surface area is 183 Å². The maximum atomic E-state index is 12.4. The first-order valence-corrected chi connectivity index (χ1v) is 10.3. The van der Waals surface area contributed by atoms with Crippen LogP contribution in [-0.2, 0) is 6.42 Å². The topological polar surface area (TPSA) is 117 Å². The highest BCUT2D eigenvalue weighted by Crippen LogP contribution is 2.20. The number of amidine groups is 1. The number of thiophene rings is 1. The highest BCUT2D eigenvalue weighted by molar-refractivity contribution is 7.12. The number of carboxylic acid groups (broad SMARTS) is 1. The molecular weight excluding hydrogens is 416 g/mol. The van der Waals surface area contributed by atoms with Gasteiger partial charge in [0.25, 0.3) is 0 Å². The zero-order chi connectivity index (χ0) is 22.2. The van der Waals surface area contributed by atoms with Crippen LogP contribution in [0.25, 0.3) is 0 Å². The molecule has 31 heavy (non-hydrogen) atoms. The van der Waals surface area contributed by atoms with E-state index in [1.807, 2.05) is 41.8 Å². The molecule has 0 spiro atoms. The first kappa shape index (κ1) is 21.8. The van der Waals surface area contributed by atoms with Gasteiger partial charge in [-0.1, -0.05) is 18.2 Å². The van der Waals surface area contributed by atoms with Gasteiger partial charge in [0, 0.05) is 6.54 Å². The minimum Gasteiger partial charge on any atom is -0.497 e. The number of rotatable bonds is 7. The molecule has 1 aromatic heterocycles. The SMILES string of the molecule is COc1ccc(N(C(=O)O)C(=O)NCCc2ccc(N=C(N)c3cccs3)cc2)cc1. The van der Waals surface area contributed by atoms with E-state index in [4.69, 9.17) is 10.5 Å². The monoisotopic (exact) mass is 438 g/mol. The first-order chi connectivity index (χ1) is 15.0. The van der Waals surface area contributed by atoms with Gasteiger partial charge in [-0.3, -0.25) is 0 Å². The molecule has 0 saturated carbocycles. The minimum atomic E-state index is -1.37. The van der Waals surface area contributed by atoms with Gasteiger partial charge in [0.2, 0.25) is 0 Å². The van der Waals surface area contributed by atoms with Gasteiger partial charge in [-0.15, -0.1) is 11.3 Å². The van der Waals surface area contributed by atoms with E-state index >= 15 is 0 Å². The van der Waals surface area contributed by atoms with Gasteiger partial charge >= 0.3 is 12.1 Å². The molecule has 8 nitrogen and oxygen atoms in total. The maximum absolute atomic E-state index is 12.4. The number of carbonyl (C=O) groups excluding carboxylic acids is 1. The van der Waals surface area contributed by atoms with Crippen LogP contribution in [-0.4, -0.2) is 36.7 Å². The molecule has 4 N–H and O–H groups in total. The Morgan fingerprint density at radius 3 is 2.42 bits per heavy atom. The van der Waals surface area contributed by atoms with E-state index < -0.39 is 12.1 Å². The van der Waals surface area contributed by atoms with Crippen molar-refractivity contribution in [2.45, 2.75) is 6.42 Å². The number of amides is 3. The van der Waals surface area contributed by atoms with E-state index in [-0.39, 0.29) is 12.2 Å². The number of hydrogen-bond donors (Lipinski definition) is 3.